The fourth-order valence-electron chi connectivity index (χ4n) is 2.53. The third-order valence-corrected chi connectivity index (χ3v) is 3.29. The summed E-state index contributed by atoms with van der Waals surface area (Å²) in [6.07, 6.45) is -3.50. The van der Waals surface area contributed by atoms with Gasteiger partial charge in [-0.05, 0) is 0 Å². The van der Waals surface area contributed by atoms with E-state index < -0.39 is 48.6 Å². The monoisotopic (exact) mass is 329 g/mol. The zero-order valence-corrected chi connectivity index (χ0v) is 13.3. The van der Waals surface area contributed by atoms with Crippen molar-refractivity contribution in [1.29, 1.82) is 0 Å². The van der Waals surface area contributed by atoms with Gasteiger partial charge in [-0.1, -0.05) is 0 Å². The van der Waals surface area contributed by atoms with Gasteiger partial charge in [0, 0.05) is 27.7 Å². The molecule has 128 valence electrons. The van der Waals surface area contributed by atoms with E-state index in [0.29, 0.717) is 5.90 Å². The van der Waals surface area contributed by atoms with E-state index in [0.717, 1.165) is 0 Å². The van der Waals surface area contributed by atoms with Crippen molar-refractivity contribution >= 4 is 23.8 Å². The summed E-state index contributed by atoms with van der Waals surface area (Å²) >= 11 is 0. The standard InChI is InChI=1S/C14H19NO8/c1-6-15-11-13(22-9(4)18)12(21-8(3)17)10(5-19-7(2)16)23-14(11)20-6/h10-14H,5H2,1-4H3/t10-,11+,12+,13+,14+/m0/s1. The predicted molar refractivity (Wildman–Crippen MR) is 74.4 cm³/mol. The molecule has 0 N–H and O–H groups in total. The number of hydrogen-bond acceptors (Lipinski definition) is 9. The van der Waals surface area contributed by atoms with Gasteiger partial charge in [-0.15, -0.1) is 0 Å². The van der Waals surface area contributed by atoms with E-state index in [1.54, 1.807) is 6.92 Å². The SMILES string of the molecule is CC(=O)OC[C@@H]1O[C@H]2OC(C)=N[C@@H]2[C@@H](OC(C)=O)[C@@H]1OC(C)=O. The van der Waals surface area contributed by atoms with Gasteiger partial charge in [-0.2, -0.15) is 0 Å². The average Bonchev–Trinajstić information content (AvgIpc) is 2.78. The highest BCUT2D eigenvalue weighted by Gasteiger charge is 2.53. The summed E-state index contributed by atoms with van der Waals surface area (Å²) < 4.78 is 26.5. The zero-order chi connectivity index (χ0) is 17.1. The minimum Gasteiger partial charge on any atom is -0.463 e. The first-order valence-electron chi connectivity index (χ1n) is 7.12. The lowest BCUT2D eigenvalue weighted by molar-refractivity contribution is -0.249. The van der Waals surface area contributed by atoms with Crippen LogP contribution in [-0.2, 0) is 38.1 Å². The second-order valence-electron chi connectivity index (χ2n) is 5.25. The van der Waals surface area contributed by atoms with Gasteiger partial charge in [0.15, 0.2) is 24.1 Å². The van der Waals surface area contributed by atoms with Crippen LogP contribution in [0.1, 0.15) is 27.7 Å². The molecule has 2 heterocycles. The summed E-state index contributed by atoms with van der Waals surface area (Å²) in [5, 5.41) is 0. The number of ether oxygens (including phenoxy) is 5. The van der Waals surface area contributed by atoms with Gasteiger partial charge in [-0.3, -0.25) is 14.4 Å². The molecule has 1 fully saturated rings. The molecule has 5 atom stereocenters. The fourth-order valence-corrected chi connectivity index (χ4v) is 2.53. The van der Waals surface area contributed by atoms with E-state index in [2.05, 4.69) is 4.99 Å². The molecule has 2 aliphatic heterocycles. The number of esters is 3. The molecule has 0 aliphatic carbocycles. The Morgan fingerprint density at radius 3 is 2.22 bits per heavy atom. The van der Waals surface area contributed by atoms with Gasteiger partial charge in [-0.25, -0.2) is 4.99 Å². The molecule has 2 rings (SSSR count). The maximum absolute atomic E-state index is 11.4. The van der Waals surface area contributed by atoms with E-state index in [4.69, 9.17) is 23.7 Å². The van der Waals surface area contributed by atoms with Crippen LogP contribution in [-0.4, -0.2) is 61.1 Å². The third-order valence-electron chi connectivity index (χ3n) is 3.29. The van der Waals surface area contributed by atoms with Crippen molar-refractivity contribution in [2.24, 2.45) is 4.99 Å². The number of nitrogens with zero attached hydrogens (tertiary/aromatic N) is 1. The Labute approximate surface area is 132 Å². The second-order valence-corrected chi connectivity index (χ2v) is 5.25. The fraction of sp³-hybridized carbons (Fsp3) is 0.714. The lowest BCUT2D eigenvalue weighted by atomic mass is 9.97. The highest BCUT2D eigenvalue weighted by Crippen LogP contribution is 2.32. The van der Waals surface area contributed by atoms with Crippen LogP contribution in [0.5, 0.6) is 0 Å². The molecule has 0 unspecified atom stereocenters. The Balaban J connectivity index is 2.26. The summed E-state index contributed by atoms with van der Waals surface area (Å²) in [5.41, 5.74) is 0. The highest BCUT2D eigenvalue weighted by atomic mass is 16.7. The van der Waals surface area contributed by atoms with Gasteiger partial charge in [0.1, 0.15) is 12.7 Å². The third kappa shape index (κ3) is 4.19. The maximum Gasteiger partial charge on any atom is 0.303 e. The molecule has 0 spiro atoms. The minimum absolute atomic E-state index is 0.170. The van der Waals surface area contributed by atoms with Crippen LogP contribution >= 0.6 is 0 Å². The predicted octanol–water partition coefficient (Wildman–Crippen LogP) is -0.0450. The largest absolute Gasteiger partial charge is 0.463 e. The summed E-state index contributed by atoms with van der Waals surface area (Å²) in [7, 11) is 0. The Morgan fingerprint density at radius 2 is 1.65 bits per heavy atom. The minimum atomic E-state index is -0.963. The normalized spacial score (nSPS) is 32.2. The van der Waals surface area contributed by atoms with Crippen LogP contribution in [0.3, 0.4) is 0 Å². The Bertz CT molecular complexity index is 531. The molecule has 23 heavy (non-hydrogen) atoms. The molecule has 2 aliphatic rings. The Kier molecular flexibility index (Phi) is 5.19. The molecule has 9 heteroatoms. The summed E-state index contributed by atoms with van der Waals surface area (Å²) in [4.78, 5) is 38.1. The Hall–Kier alpha value is -2.16. The molecule has 9 nitrogen and oxygen atoms in total. The number of hydrogen-bond donors (Lipinski definition) is 0. The lowest BCUT2D eigenvalue weighted by Gasteiger charge is -2.40. The quantitative estimate of drug-likeness (QED) is 0.522. The van der Waals surface area contributed by atoms with Crippen molar-refractivity contribution in [1.82, 2.24) is 0 Å². The first-order valence-corrected chi connectivity index (χ1v) is 7.12. The molecule has 0 aromatic rings. The smallest absolute Gasteiger partial charge is 0.303 e. The van der Waals surface area contributed by atoms with Crippen molar-refractivity contribution in [3.05, 3.63) is 0 Å². The first kappa shape index (κ1) is 17.2. The zero-order valence-electron chi connectivity index (χ0n) is 13.3. The van der Waals surface area contributed by atoms with E-state index in [1.165, 1.54) is 20.8 Å². The van der Waals surface area contributed by atoms with E-state index in [9.17, 15) is 14.4 Å². The molecule has 0 aromatic carbocycles. The molecular formula is C14H19NO8. The number of aliphatic imine (C=N–C) groups is 1. The van der Waals surface area contributed by atoms with Gasteiger partial charge < -0.3 is 23.7 Å². The number of rotatable bonds is 4. The first-order chi connectivity index (χ1) is 10.8. The molecule has 0 aromatic heterocycles. The summed E-state index contributed by atoms with van der Waals surface area (Å²) in [6, 6.07) is -0.656. The summed E-state index contributed by atoms with van der Waals surface area (Å²) in [5.74, 6) is -1.28. The molecular weight excluding hydrogens is 310 g/mol. The lowest BCUT2D eigenvalue weighted by Crippen LogP contribution is -2.60. The van der Waals surface area contributed by atoms with E-state index in [1.807, 2.05) is 0 Å². The van der Waals surface area contributed by atoms with Gasteiger partial charge in [0.05, 0.1) is 0 Å². The van der Waals surface area contributed by atoms with Crippen molar-refractivity contribution in [3.63, 3.8) is 0 Å². The maximum atomic E-state index is 11.4. The molecule has 0 bridgehead atoms. The van der Waals surface area contributed by atoms with Crippen LogP contribution in [0.4, 0.5) is 0 Å². The van der Waals surface area contributed by atoms with Crippen molar-refractivity contribution in [2.45, 2.75) is 58.3 Å². The van der Waals surface area contributed by atoms with Crippen molar-refractivity contribution < 1.29 is 38.1 Å². The van der Waals surface area contributed by atoms with Crippen LogP contribution < -0.4 is 0 Å². The van der Waals surface area contributed by atoms with Crippen molar-refractivity contribution in [2.75, 3.05) is 6.61 Å². The molecule has 0 radical (unpaired) electrons. The van der Waals surface area contributed by atoms with Crippen LogP contribution in [0, 0.1) is 0 Å². The highest BCUT2D eigenvalue weighted by molar-refractivity contribution is 5.75. The van der Waals surface area contributed by atoms with Gasteiger partial charge in [0.25, 0.3) is 0 Å². The number of carbonyl (C=O) groups excluding carboxylic acids is 3. The van der Waals surface area contributed by atoms with E-state index >= 15 is 0 Å². The topological polar surface area (TPSA) is 110 Å². The van der Waals surface area contributed by atoms with Gasteiger partial charge in [0.2, 0.25) is 6.29 Å². The second kappa shape index (κ2) is 6.95. The van der Waals surface area contributed by atoms with Crippen LogP contribution in [0.25, 0.3) is 0 Å². The van der Waals surface area contributed by atoms with Crippen molar-refractivity contribution in [3.8, 4) is 0 Å². The summed E-state index contributed by atoms with van der Waals surface area (Å²) in [6.45, 7) is 5.17. The van der Waals surface area contributed by atoms with Crippen LogP contribution in [0.2, 0.25) is 0 Å². The molecule has 1 saturated heterocycles. The number of fused-ring (bicyclic) bond motifs is 1. The number of carbonyl (C=O) groups is 3. The van der Waals surface area contributed by atoms with Gasteiger partial charge >= 0.3 is 17.9 Å². The van der Waals surface area contributed by atoms with E-state index in [-0.39, 0.29) is 6.61 Å². The van der Waals surface area contributed by atoms with Crippen LogP contribution in [0.15, 0.2) is 4.99 Å². The molecule has 0 saturated carbocycles. The molecule has 0 amide bonds. The average molecular weight is 329 g/mol. The Morgan fingerprint density at radius 1 is 1.04 bits per heavy atom.